The molecule has 8 heteroatoms. The van der Waals surface area contributed by atoms with Gasteiger partial charge in [-0.15, -0.1) is 0 Å². The molecule has 27 heavy (non-hydrogen) atoms. The second-order valence-corrected chi connectivity index (χ2v) is 7.07. The highest BCUT2D eigenvalue weighted by Gasteiger charge is 2.31. The maximum absolute atomic E-state index is 12.7. The van der Waals surface area contributed by atoms with Gasteiger partial charge in [0.25, 0.3) is 5.91 Å². The molecule has 0 aliphatic carbocycles. The second kappa shape index (κ2) is 8.92. The zero-order valence-electron chi connectivity index (χ0n) is 15.7. The summed E-state index contributed by atoms with van der Waals surface area (Å²) >= 11 is 0. The van der Waals surface area contributed by atoms with Crippen molar-refractivity contribution in [2.24, 2.45) is 5.92 Å². The lowest BCUT2D eigenvalue weighted by atomic mass is 9.95. The van der Waals surface area contributed by atoms with Crippen LogP contribution in [0.3, 0.4) is 0 Å². The van der Waals surface area contributed by atoms with Crippen molar-refractivity contribution in [2.45, 2.75) is 38.6 Å². The van der Waals surface area contributed by atoms with Crippen LogP contribution in [0.25, 0.3) is 0 Å². The van der Waals surface area contributed by atoms with E-state index in [9.17, 15) is 14.4 Å². The Kier molecular flexibility index (Phi) is 6.36. The summed E-state index contributed by atoms with van der Waals surface area (Å²) in [5.74, 6) is -0.295. The van der Waals surface area contributed by atoms with E-state index in [2.05, 4.69) is 5.32 Å². The van der Waals surface area contributed by atoms with E-state index in [1.54, 1.807) is 22.8 Å². The molecule has 8 nitrogen and oxygen atoms in total. The Balaban J connectivity index is 1.47. The van der Waals surface area contributed by atoms with Gasteiger partial charge in [0.05, 0.1) is 24.4 Å². The van der Waals surface area contributed by atoms with Gasteiger partial charge in [-0.05, 0) is 38.7 Å². The van der Waals surface area contributed by atoms with Gasteiger partial charge in [-0.25, -0.2) is 4.79 Å². The summed E-state index contributed by atoms with van der Waals surface area (Å²) in [6.45, 7) is 4.41. The summed E-state index contributed by atoms with van der Waals surface area (Å²) in [4.78, 5) is 40.3. The summed E-state index contributed by atoms with van der Waals surface area (Å²) in [5, 5.41) is 3.10. The molecular formula is C19H27N3O5. The van der Waals surface area contributed by atoms with Crippen molar-refractivity contribution in [3.8, 4) is 0 Å². The summed E-state index contributed by atoms with van der Waals surface area (Å²) < 4.78 is 9.99. The Morgan fingerprint density at radius 1 is 1.19 bits per heavy atom. The highest BCUT2D eigenvalue weighted by Crippen LogP contribution is 2.20. The molecule has 2 aliphatic rings. The Morgan fingerprint density at radius 2 is 1.96 bits per heavy atom. The Morgan fingerprint density at radius 3 is 2.63 bits per heavy atom. The minimum atomic E-state index is -0.289. The molecule has 3 rings (SSSR count). The highest BCUT2D eigenvalue weighted by atomic mass is 16.6. The van der Waals surface area contributed by atoms with E-state index in [0.29, 0.717) is 38.3 Å². The average molecular weight is 377 g/mol. The van der Waals surface area contributed by atoms with Crippen molar-refractivity contribution in [1.82, 2.24) is 15.1 Å². The summed E-state index contributed by atoms with van der Waals surface area (Å²) in [5.41, 5.74) is 0.516. The highest BCUT2D eigenvalue weighted by molar-refractivity contribution is 5.94. The van der Waals surface area contributed by atoms with E-state index in [-0.39, 0.29) is 29.9 Å². The summed E-state index contributed by atoms with van der Waals surface area (Å²) in [6, 6.07) is 1.70. The van der Waals surface area contributed by atoms with Crippen molar-refractivity contribution in [1.29, 1.82) is 0 Å². The first-order chi connectivity index (χ1) is 13.1. The number of carbonyl (C=O) groups excluding carboxylic acids is 3. The first kappa shape index (κ1) is 19.3. The Hall–Kier alpha value is -2.51. The predicted octanol–water partition coefficient (Wildman–Crippen LogP) is 1.87. The monoisotopic (exact) mass is 377 g/mol. The van der Waals surface area contributed by atoms with Crippen molar-refractivity contribution in [3.05, 3.63) is 24.2 Å². The number of rotatable bonds is 4. The van der Waals surface area contributed by atoms with Gasteiger partial charge in [0.2, 0.25) is 5.91 Å². The van der Waals surface area contributed by atoms with Gasteiger partial charge in [-0.3, -0.25) is 9.59 Å². The molecule has 2 fully saturated rings. The maximum atomic E-state index is 12.7. The number of carbonyl (C=O) groups is 3. The normalized spacial score (nSPS) is 21.0. The SMILES string of the molecule is CCOC(=O)N1CCC(NC(=O)[C@H]2CCCN(C(=O)c3ccoc3)C2)CC1. The van der Waals surface area contributed by atoms with E-state index >= 15 is 0 Å². The molecule has 1 aromatic heterocycles. The van der Waals surface area contributed by atoms with Crippen molar-refractivity contribution >= 4 is 17.9 Å². The lowest BCUT2D eigenvalue weighted by Crippen LogP contribution is -2.50. The van der Waals surface area contributed by atoms with Gasteiger partial charge in [0, 0.05) is 32.2 Å². The maximum Gasteiger partial charge on any atom is 0.409 e. The van der Waals surface area contributed by atoms with Crippen LogP contribution in [0.1, 0.15) is 43.0 Å². The van der Waals surface area contributed by atoms with Crippen molar-refractivity contribution in [3.63, 3.8) is 0 Å². The van der Waals surface area contributed by atoms with Gasteiger partial charge >= 0.3 is 6.09 Å². The standard InChI is InChI=1S/C19H27N3O5/c1-2-27-19(25)21-9-5-16(6-10-21)20-17(23)14-4-3-8-22(12-14)18(24)15-7-11-26-13-15/h7,11,13-14,16H,2-6,8-10,12H2,1H3,(H,20,23)/t14-/m0/s1. The Bertz CT molecular complexity index is 652. The molecule has 0 unspecified atom stereocenters. The van der Waals surface area contributed by atoms with Crippen LogP contribution in [0.2, 0.25) is 0 Å². The molecule has 2 saturated heterocycles. The van der Waals surface area contributed by atoms with Crippen LogP contribution in [0.5, 0.6) is 0 Å². The molecule has 1 atom stereocenters. The number of ether oxygens (including phenoxy) is 1. The largest absolute Gasteiger partial charge is 0.472 e. The zero-order valence-corrected chi connectivity index (χ0v) is 15.7. The van der Waals surface area contributed by atoms with Crippen molar-refractivity contribution < 1.29 is 23.5 Å². The topological polar surface area (TPSA) is 92.1 Å². The third-order valence-electron chi connectivity index (χ3n) is 5.21. The minimum absolute atomic E-state index is 0.00530. The molecule has 0 radical (unpaired) electrons. The number of furan rings is 1. The fourth-order valence-electron chi connectivity index (χ4n) is 3.68. The van der Waals surface area contributed by atoms with Crippen LogP contribution in [-0.4, -0.2) is 66.5 Å². The smallest absolute Gasteiger partial charge is 0.409 e. The lowest BCUT2D eigenvalue weighted by molar-refractivity contribution is -0.127. The summed E-state index contributed by atoms with van der Waals surface area (Å²) in [6.07, 6.45) is 5.64. The first-order valence-corrected chi connectivity index (χ1v) is 9.62. The Labute approximate surface area is 158 Å². The molecular weight excluding hydrogens is 350 g/mol. The van der Waals surface area contributed by atoms with E-state index in [4.69, 9.17) is 9.15 Å². The molecule has 0 spiro atoms. The predicted molar refractivity (Wildman–Crippen MR) is 97.1 cm³/mol. The molecule has 0 aromatic carbocycles. The number of hydrogen-bond donors (Lipinski definition) is 1. The van der Waals surface area contributed by atoms with Gasteiger partial charge in [0.15, 0.2) is 0 Å². The number of likely N-dealkylation sites (tertiary alicyclic amines) is 2. The van der Waals surface area contributed by atoms with Crippen LogP contribution in [0, 0.1) is 5.92 Å². The van der Waals surface area contributed by atoms with Crippen LogP contribution in [0.15, 0.2) is 23.0 Å². The molecule has 2 aliphatic heterocycles. The number of nitrogens with one attached hydrogen (secondary N) is 1. The number of piperidine rings is 2. The number of hydrogen-bond acceptors (Lipinski definition) is 5. The molecule has 3 heterocycles. The fourth-order valence-corrected chi connectivity index (χ4v) is 3.68. The zero-order chi connectivity index (χ0) is 19.2. The van der Waals surface area contributed by atoms with Crippen LogP contribution in [0.4, 0.5) is 4.79 Å². The van der Waals surface area contributed by atoms with Crippen LogP contribution in [-0.2, 0) is 9.53 Å². The van der Waals surface area contributed by atoms with Gasteiger partial charge in [-0.1, -0.05) is 0 Å². The number of nitrogens with zero attached hydrogens (tertiary/aromatic N) is 2. The van der Waals surface area contributed by atoms with Crippen molar-refractivity contribution in [2.75, 3.05) is 32.8 Å². The molecule has 0 bridgehead atoms. The fraction of sp³-hybridized carbons (Fsp3) is 0.632. The van der Waals surface area contributed by atoms with E-state index < -0.39 is 0 Å². The van der Waals surface area contributed by atoms with Gasteiger partial charge in [0.1, 0.15) is 6.26 Å². The lowest BCUT2D eigenvalue weighted by Gasteiger charge is -2.35. The van der Waals surface area contributed by atoms with E-state index in [1.165, 1.54) is 12.5 Å². The minimum Gasteiger partial charge on any atom is -0.472 e. The molecule has 1 aromatic rings. The van der Waals surface area contributed by atoms with Crippen LogP contribution >= 0.6 is 0 Å². The van der Waals surface area contributed by atoms with Gasteiger partial charge < -0.3 is 24.3 Å². The first-order valence-electron chi connectivity index (χ1n) is 9.62. The molecule has 3 amide bonds. The average Bonchev–Trinajstić information content (AvgIpc) is 3.23. The number of amides is 3. The second-order valence-electron chi connectivity index (χ2n) is 7.07. The molecule has 1 N–H and O–H groups in total. The molecule has 148 valence electrons. The summed E-state index contributed by atoms with van der Waals surface area (Å²) in [7, 11) is 0. The van der Waals surface area contributed by atoms with Crippen LogP contribution < -0.4 is 5.32 Å². The third-order valence-corrected chi connectivity index (χ3v) is 5.21. The van der Waals surface area contributed by atoms with E-state index in [1.807, 2.05) is 0 Å². The van der Waals surface area contributed by atoms with Gasteiger partial charge in [-0.2, -0.15) is 0 Å². The third kappa shape index (κ3) is 4.81. The quantitative estimate of drug-likeness (QED) is 0.865. The van der Waals surface area contributed by atoms with E-state index in [0.717, 1.165) is 25.7 Å². The molecule has 0 saturated carbocycles.